The van der Waals surface area contributed by atoms with E-state index in [0.29, 0.717) is 11.3 Å². The maximum absolute atomic E-state index is 13.5. The fraction of sp³-hybridized carbons (Fsp3) is 0.125. The van der Waals surface area contributed by atoms with E-state index in [4.69, 9.17) is 4.84 Å². The molecule has 1 aliphatic rings. The van der Waals surface area contributed by atoms with Gasteiger partial charge in [-0.3, -0.25) is 4.79 Å². The third-order valence-corrected chi connectivity index (χ3v) is 3.31. The number of nitrogens with one attached hydrogen (secondary N) is 1. The van der Waals surface area contributed by atoms with E-state index in [1.807, 2.05) is 0 Å². The Bertz CT molecular complexity index is 793. The molecule has 0 radical (unpaired) electrons. The second-order valence-corrected chi connectivity index (χ2v) is 4.96. The summed E-state index contributed by atoms with van der Waals surface area (Å²) in [5, 5.41) is 6.00. The number of benzene rings is 2. The number of carbonyl (C=O) groups excluding carboxylic acids is 1. The Kier molecular flexibility index (Phi) is 4.01. The van der Waals surface area contributed by atoms with E-state index in [1.54, 1.807) is 6.07 Å². The van der Waals surface area contributed by atoms with Crippen molar-refractivity contribution in [1.82, 2.24) is 0 Å². The van der Waals surface area contributed by atoms with Crippen LogP contribution < -0.4 is 5.32 Å². The Labute approximate surface area is 129 Å². The van der Waals surface area contributed by atoms with Crippen molar-refractivity contribution in [3.8, 4) is 0 Å². The number of anilines is 1. The summed E-state index contributed by atoms with van der Waals surface area (Å²) in [6.07, 6.45) is -0.886. The number of halogens is 3. The molecule has 1 atom stereocenters. The van der Waals surface area contributed by atoms with Gasteiger partial charge in [0.1, 0.15) is 17.5 Å². The molecule has 0 bridgehead atoms. The standard InChI is InChI=1S/C16H11F3N2O2/c17-10-3-1-2-9(6-10)13-8-15(23-21-13)16(22)20-14-7-11(18)4-5-12(14)19/h1-7,15H,8H2,(H,20,22). The Balaban J connectivity index is 1.68. The average molecular weight is 320 g/mol. The number of carbonyl (C=O) groups is 1. The fourth-order valence-electron chi connectivity index (χ4n) is 2.16. The Morgan fingerprint density at radius 3 is 2.70 bits per heavy atom. The molecule has 118 valence electrons. The molecule has 0 spiro atoms. The average Bonchev–Trinajstić information content (AvgIpc) is 3.01. The molecule has 0 fully saturated rings. The van der Waals surface area contributed by atoms with Crippen LogP contribution in [0.2, 0.25) is 0 Å². The summed E-state index contributed by atoms with van der Waals surface area (Å²) in [5.41, 5.74) is 0.624. The van der Waals surface area contributed by atoms with Crippen molar-refractivity contribution in [3.05, 3.63) is 65.5 Å². The van der Waals surface area contributed by atoms with Gasteiger partial charge in [-0.15, -0.1) is 0 Å². The van der Waals surface area contributed by atoms with Crippen molar-refractivity contribution in [3.63, 3.8) is 0 Å². The highest BCUT2D eigenvalue weighted by atomic mass is 19.1. The van der Waals surface area contributed by atoms with Crippen LogP contribution in [-0.4, -0.2) is 17.7 Å². The van der Waals surface area contributed by atoms with Gasteiger partial charge in [0.15, 0.2) is 0 Å². The SMILES string of the molecule is O=C(Nc1cc(F)ccc1F)C1CC(c2cccc(F)c2)=NO1. The lowest BCUT2D eigenvalue weighted by Gasteiger charge is -2.10. The van der Waals surface area contributed by atoms with Crippen LogP contribution in [0.5, 0.6) is 0 Å². The predicted octanol–water partition coefficient (Wildman–Crippen LogP) is 3.24. The van der Waals surface area contributed by atoms with Crippen molar-refractivity contribution >= 4 is 17.3 Å². The minimum absolute atomic E-state index is 0.103. The molecule has 2 aromatic carbocycles. The maximum atomic E-state index is 13.5. The fourth-order valence-corrected chi connectivity index (χ4v) is 2.16. The summed E-state index contributed by atoms with van der Waals surface area (Å²) in [5.74, 6) is -2.53. The smallest absolute Gasteiger partial charge is 0.268 e. The Morgan fingerprint density at radius 2 is 1.91 bits per heavy atom. The number of rotatable bonds is 3. The molecule has 23 heavy (non-hydrogen) atoms. The quantitative estimate of drug-likeness (QED) is 0.944. The van der Waals surface area contributed by atoms with Crippen LogP contribution in [-0.2, 0) is 9.63 Å². The van der Waals surface area contributed by atoms with E-state index in [0.717, 1.165) is 18.2 Å². The van der Waals surface area contributed by atoms with Gasteiger partial charge in [-0.25, -0.2) is 13.2 Å². The molecular formula is C16H11F3N2O2. The Morgan fingerprint density at radius 1 is 1.13 bits per heavy atom. The summed E-state index contributed by atoms with van der Waals surface area (Å²) in [7, 11) is 0. The molecule has 1 aliphatic heterocycles. The van der Waals surface area contributed by atoms with Gasteiger partial charge in [-0.05, 0) is 24.3 Å². The second-order valence-electron chi connectivity index (χ2n) is 4.96. The van der Waals surface area contributed by atoms with E-state index in [9.17, 15) is 18.0 Å². The molecule has 1 amide bonds. The van der Waals surface area contributed by atoms with Crippen molar-refractivity contribution in [1.29, 1.82) is 0 Å². The molecule has 4 nitrogen and oxygen atoms in total. The zero-order valence-electron chi connectivity index (χ0n) is 11.7. The molecule has 1 unspecified atom stereocenters. The molecule has 1 heterocycles. The van der Waals surface area contributed by atoms with Crippen molar-refractivity contribution in [2.24, 2.45) is 5.16 Å². The number of hydrogen-bond donors (Lipinski definition) is 1. The van der Waals surface area contributed by atoms with Crippen LogP contribution in [0.1, 0.15) is 12.0 Å². The lowest BCUT2D eigenvalue weighted by Crippen LogP contribution is -2.28. The summed E-state index contributed by atoms with van der Waals surface area (Å²) in [6.45, 7) is 0. The highest BCUT2D eigenvalue weighted by Gasteiger charge is 2.29. The molecule has 7 heteroatoms. The maximum Gasteiger partial charge on any atom is 0.268 e. The monoisotopic (exact) mass is 320 g/mol. The summed E-state index contributed by atoms with van der Waals surface area (Å²) < 4.78 is 39.8. The van der Waals surface area contributed by atoms with Crippen molar-refractivity contribution in [2.75, 3.05) is 5.32 Å². The van der Waals surface area contributed by atoms with Gasteiger partial charge in [0.2, 0.25) is 6.10 Å². The van der Waals surface area contributed by atoms with Gasteiger partial charge >= 0.3 is 0 Å². The van der Waals surface area contributed by atoms with Crippen LogP contribution >= 0.6 is 0 Å². The third kappa shape index (κ3) is 3.33. The first kappa shape index (κ1) is 15.1. The number of hydrogen-bond acceptors (Lipinski definition) is 3. The number of nitrogens with zero attached hydrogens (tertiary/aromatic N) is 1. The minimum atomic E-state index is -0.990. The first-order valence-electron chi connectivity index (χ1n) is 6.77. The van der Waals surface area contributed by atoms with Crippen LogP contribution in [0, 0.1) is 17.5 Å². The largest absolute Gasteiger partial charge is 0.382 e. The zero-order chi connectivity index (χ0) is 16.4. The van der Waals surface area contributed by atoms with Crippen molar-refractivity contribution in [2.45, 2.75) is 12.5 Å². The van der Waals surface area contributed by atoms with Gasteiger partial charge in [0.05, 0.1) is 11.4 Å². The van der Waals surface area contributed by atoms with Gasteiger partial charge in [-0.1, -0.05) is 17.3 Å². The highest BCUT2D eigenvalue weighted by molar-refractivity contribution is 6.06. The van der Waals surface area contributed by atoms with E-state index in [1.165, 1.54) is 18.2 Å². The number of oxime groups is 1. The summed E-state index contributed by atoms with van der Waals surface area (Å²) >= 11 is 0. The van der Waals surface area contributed by atoms with Crippen LogP contribution in [0.3, 0.4) is 0 Å². The van der Waals surface area contributed by atoms with E-state index < -0.39 is 29.5 Å². The van der Waals surface area contributed by atoms with E-state index in [-0.39, 0.29) is 12.1 Å². The van der Waals surface area contributed by atoms with Gasteiger partial charge in [0.25, 0.3) is 5.91 Å². The van der Waals surface area contributed by atoms with Gasteiger partial charge in [0, 0.05) is 18.1 Å². The van der Waals surface area contributed by atoms with E-state index in [2.05, 4.69) is 10.5 Å². The second kappa shape index (κ2) is 6.12. The van der Waals surface area contributed by atoms with Gasteiger partial charge in [-0.2, -0.15) is 0 Å². The molecule has 0 saturated carbocycles. The Hall–Kier alpha value is -2.83. The topological polar surface area (TPSA) is 50.7 Å². The zero-order valence-corrected chi connectivity index (χ0v) is 11.7. The molecule has 0 saturated heterocycles. The minimum Gasteiger partial charge on any atom is -0.382 e. The van der Waals surface area contributed by atoms with Crippen LogP contribution in [0.4, 0.5) is 18.9 Å². The van der Waals surface area contributed by atoms with Gasteiger partial charge < -0.3 is 10.2 Å². The first-order chi connectivity index (χ1) is 11.0. The predicted molar refractivity (Wildman–Crippen MR) is 77.4 cm³/mol. The molecule has 0 aliphatic carbocycles. The normalized spacial score (nSPS) is 16.7. The van der Waals surface area contributed by atoms with Crippen molar-refractivity contribution < 1.29 is 22.8 Å². The summed E-state index contributed by atoms with van der Waals surface area (Å²) in [4.78, 5) is 17.1. The van der Waals surface area contributed by atoms with Crippen LogP contribution in [0.25, 0.3) is 0 Å². The lowest BCUT2D eigenvalue weighted by molar-refractivity contribution is -0.125. The van der Waals surface area contributed by atoms with Crippen LogP contribution in [0.15, 0.2) is 47.6 Å². The molecular weight excluding hydrogens is 309 g/mol. The third-order valence-electron chi connectivity index (χ3n) is 3.31. The highest BCUT2D eigenvalue weighted by Crippen LogP contribution is 2.20. The number of amides is 1. The molecule has 1 N–H and O–H groups in total. The molecule has 2 aromatic rings. The first-order valence-corrected chi connectivity index (χ1v) is 6.77. The van der Waals surface area contributed by atoms with E-state index >= 15 is 0 Å². The lowest BCUT2D eigenvalue weighted by atomic mass is 10.0. The summed E-state index contributed by atoms with van der Waals surface area (Å²) in [6, 6.07) is 8.44. The molecule has 0 aromatic heterocycles. The molecule has 3 rings (SSSR count).